The SMILES string of the molecule is COC(=O)c1ccccc1C1=CCC(=CBr)C=C1. The molecular formula is C15H13BrO2. The molecule has 1 aliphatic carbocycles. The van der Waals surface area contributed by atoms with Crippen LogP contribution in [0.15, 0.2) is 53.1 Å². The summed E-state index contributed by atoms with van der Waals surface area (Å²) < 4.78 is 4.80. The highest BCUT2D eigenvalue weighted by atomic mass is 79.9. The zero-order valence-corrected chi connectivity index (χ0v) is 11.6. The number of hydrogen-bond donors (Lipinski definition) is 0. The van der Waals surface area contributed by atoms with Crippen molar-refractivity contribution in [3.63, 3.8) is 0 Å². The Morgan fingerprint density at radius 1 is 1.33 bits per heavy atom. The molecule has 0 heterocycles. The van der Waals surface area contributed by atoms with E-state index in [1.165, 1.54) is 12.7 Å². The Labute approximate surface area is 115 Å². The Bertz CT molecular complexity index is 553. The normalized spacial score (nSPS) is 16.6. The molecule has 3 heteroatoms. The molecule has 1 aliphatic rings. The minimum Gasteiger partial charge on any atom is -0.465 e. The van der Waals surface area contributed by atoms with Gasteiger partial charge in [-0.2, -0.15) is 0 Å². The van der Waals surface area contributed by atoms with Crippen LogP contribution in [0.1, 0.15) is 22.3 Å². The van der Waals surface area contributed by atoms with E-state index in [1.54, 1.807) is 6.07 Å². The first-order chi connectivity index (χ1) is 8.76. The van der Waals surface area contributed by atoms with Crippen LogP contribution in [-0.2, 0) is 4.74 Å². The number of carbonyl (C=O) groups is 1. The van der Waals surface area contributed by atoms with Crippen LogP contribution in [0.4, 0.5) is 0 Å². The molecule has 0 radical (unpaired) electrons. The summed E-state index contributed by atoms with van der Waals surface area (Å²) in [7, 11) is 1.40. The number of hydrogen-bond acceptors (Lipinski definition) is 2. The highest BCUT2D eigenvalue weighted by molar-refractivity contribution is 9.11. The van der Waals surface area contributed by atoms with Crippen molar-refractivity contribution >= 4 is 27.5 Å². The summed E-state index contributed by atoms with van der Waals surface area (Å²) in [6, 6.07) is 7.48. The summed E-state index contributed by atoms with van der Waals surface area (Å²) in [6.07, 6.45) is 7.01. The van der Waals surface area contributed by atoms with E-state index in [0.717, 1.165) is 17.6 Å². The minimum atomic E-state index is -0.304. The average Bonchev–Trinajstić information content (AvgIpc) is 2.46. The van der Waals surface area contributed by atoms with Crippen LogP contribution < -0.4 is 0 Å². The van der Waals surface area contributed by atoms with Gasteiger partial charge >= 0.3 is 5.97 Å². The molecule has 18 heavy (non-hydrogen) atoms. The molecular weight excluding hydrogens is 292 g/mol. The van der Waals surface area contributed by atoms with E-state index in [9.17, 15) is 4.79 Å². The summed E-state index contributed by atoms with van der Waals surface area (Å²) >= 11 is 3.32. The van der Waals surface area contributed by atoms with E-state index in [4.69, 9.17) is 4.74 Å². The van der Waals surface area contributed by atoms with Crippen molar-refractivity contribution in [2.45, 2.75) is 6.42 Å². The van der Waals surface area contributed by atoms with Crippen LogP contribution >= 0.6 is 15.9 Å². The van der Waals surface area contributed by atoms with Gasteiger partial charge in [0.15, 0.2) is 0 Å². The van der Waals surface area contributed by atoms with Gasteiger partial charge in [-0.3, -0.25) is 0 Å². The van der Waals surface area contributed by atoms with Crippen molar-refractivity contribution in [3.05, 3.63) is 64.2 Å². The van der Waals surface area contributed by atoms with Gasteiger partial charge in [0.25, 0.3) is 0 Å². The largest absolute Gasteiger partial charge is 0.465 e. The maximum atomic E-state index is 11.7. The van der Waals surface area contributed by atoms with Gasteiger partial charge in [0.2, 0.25) is 0 Å². The minimum absolute atomic E-state index is 0.304. The summed E-state index contributed by atoms with van der Waals surface area (Å²) in [6.45, 7) is 0. The van der Waals surface area contributed by atoms with Crippen molar-refractivity contribution < 1.29 is 9.53 Å². The molecule has 0 atom stereocenters. The van der Waals surface area contributed by atoms with Gasteiger partial charge < -0.3 is 4.74 Å². The van der Waals surface area contributed by atoms with Gasteiger partial charge in [0.1, 0.15) is 0 Å². The zero-order valence-electron chi connectivity index (χ0n) is 10.0. The molecule has 0 N–H and O–H groups in total. The molecule has 1 aromatic carbocycles. The van der Waals surface area contributed by atoms with Crippen molar-refractivity contribution in [2.24, 2.45) is 0 Å². The van der Waals surface area contributed by atoms with Gasteiger partial charge in [-0.25, -0.2) is 4.79 Å². The molecule has 92 valence electrons. The van der Waals surface area contributed by atoms with Gasteiger partial charge in [-0.15, -0.1) is 0 Å². The molecule has 0 amide bonds. The predicted molar refractivity (Wildman–Crippen MR) is 76.5 cm³/mol. The van der Waals surface area contributed by atoms with E-state index in [1.807, 2.05) is 35.3 Å². The van der Waals surface area contributed by atoms with Crippen molar-refractivity contribution in [1.29, 1.82) is 0 Å². The summed E-state index contributed by atoms with van der Waals surface area (Å²) in [5.41, 5.74) is 3.76. The molecule has 2 rings (SSSR count). The fourth-order valence-corrected chi connectivity index (χ4v) is 2.20. The van der Waals surface area contributed by atoms with E-state index in [0.29, 0.717) is 5.56 Å². The summed E-state index contributed by atoms with van der Waals surface area (Å²) in [5.74, 6) is -0.304. The molecule has 2 nitrogen and oxygen atoms in total. The van der Waals surface area contributed by atoms with Gasteiger partial charge in [0.05, 0.1) is 12.7 Å². The van der Waals surface area contributed by atoms with E-state index >= 15 is 0 Å². The van der Waals surface area contributed by atoms with Crippen LogP contribution in [0.2, 0.25) is 0 Å². The molecule has 0 saturated carbocycles. The molecule has 0 aliphatic heterocycles. The number of halogens is 1. The Morgan fingerprint density at radius 3 is 2.72 bits per heavy atom. The zero-order chi connectivity index (χ0) is 13.0. The van der Waals surface area contributed by atoms with Crippen LogP contribution in [0.25, 0.3) is 5.57 Å². The maximum absolute atomic E-state index is 11.7. The Morgan fingerprint density at radius 2 is 2.11 bits per heavy atom. The molecule has 0 fully saturated rings. The Hall–Kier alpha value is -1.61. The van der Waals surface area contributed by atoms with Crippen LogP contribution in [0, 0.1) is 0 Å². The lowest BCUT2D eigenvalue weighted by Crippen LogP contribution is -2.05. The van der Waals surface area contributed by atoms with Crippen molar-refractivity contribution in [1.82, 2.24) is 0 Å². The number of esters is 1. The molecule has 0 bridgehead atoms. The summed E-state index contributed by atoms with van der Waals surface area (Å²) in [5, 5.41) is 0. The first kappa shape index (κ1) is 12.8. The number of benzene rings is 1. The molecule has 0 aromatic heterocycles. The maximum Gasteiger partial charge on any atom is 0.338 e. The Balaban J connectivity index is 2.38. The lowest BCUT2D eigenvalue weighted by Gasteiger charge is -2.12. The first-order valence-corrected chi connectivity index (χ1v) is 6.53. The van der Waals surface area contributed by atoms with Gasteiger partial charge in [0, 0.05) is 0 Å². The topological polar surface area (TPSA) is 26.3 Å². The predicted octanol–water partition coefficient (Wildman–Crippen LogP) is 4.10. The summed E-state index contributed by atoms with van der Waals surface area (Å²) in [4.78, 5) is 13.6. The average molecular weight is 305 g/mol. The monoisotopic (exact) mass is 304 g/mol. The smallest absolute Gasteiger partial charge is 0.338 e. The van der Waals surface area contributed by atoms with Crippen molar-refractivity contribution in [2.75, 3.05) is 7.11 Å². The number of rotatable bonds is 2. The third kappa shape index (κ3) is 2.62. The third-order valence-electron chi connectivity index (χ3n) is 2.82. The quantitative estimate of drug-likeness (QED) is 0.769. The van der Waals surface area contributed by atoms with Gasteiger partial charge in [-0.05, 0) is 34.2 Å². The molecule has 1 aromatic rings. The van der Waals surface area contributed by atoms with Crippen LogP contribution in [-0.4, -0.2) is 13.1 Å². The lowest BCUT2D eigenvalue weighted by molar-refractivity contribution is 0.0600. The second-order valence-electron chi connectivity index (χ2n) is 3.92. The first-order valence-electron chi connectivity index (χ1n) is 5.61. The second kappa shape index (κ2) is 5.83. The fraction of sp³-hybridized carbons (Fsp3) is 0.133. The fourth-order valence-electron chi connectivity index (χ4n) is 1.86. The Kier molecular flexibility index (Phi) is 4.15. The molecule has 0 saturated heterocycles. The number of allylic oxidation sites excluding steroid dienone is 5. The third-order valence-corrected chi connectivity index (χ3v) is 3.41. The number of carbonyl (C=O) groups excluding carboxylic acids is 1. The highest BCUT2D eigenvalue weighted by Gasteiger charge is 2.14. The van der Waals surface area contributed by atoms with E-state index < -0.39 is 0 Å². The number of ether oxygens (including phenoxy) is 1. The van der Waals surface area contributed by atoms with E-state index in [2.05, 4.69) is 22.0 Å². The van der Waals surface area contributed by atoms with Crippen molar-refractivity contribution in [3.8, 4) is 0 Å². The lowest BCUT2D eigenvalue weighted by atomic mass is 9.94. The van der Waals surface area contributed by atoms with Gasteiger partial charge in [-0.1, -0.05) is 52.4 Å². The van der Waals surface area contributed by atoms with Crippen LogP contribution in [0.5, 0.6) is 0 Å². The molecule has 0 unspecified atom stereocenters. The second-order valence-corrected chi connectivity index (χ2v) is 4.38. The van der Waals surface area contributed by atoms with Crippen LogP contribution in [0.3, 0.4) is 0 Å². The number of methoxy groups -OCH3 is 1. The molecule has 0 spiro atoms. The highest BCUT2D eigenvalue weighted by Crippen LogP contribution is 2.27. The van der Waals surface area contributed by atoms with E-state index in [-0.39, 0.29) is 5.97 Å². The standard InChI is InChI=1S/C15H13BrO2/c1-18-15(17)14-5-3-2-4-13(14)12-8-6-11(10-16)7-9-12/h2-6,8-10H,7H2,1H3.